The first-order valence-corrected chi connectivity index (χ1v) is 9.91. The second-order valence-electron chi connectivity index (χ2n) is 6.87. The standard InChI is InChI=1S/C23H18N4S/c1-27(2)20-13-12-19(17-9-5-6-10-18(17)20)25-26-23-24-22-16-8-4-3-7-15(16)11-14-21(22)28-23/h3-14H,1-2H3/b26-25+. The van der Waals surface area contributed by atoms with Crippen LogP contribution in [0.1, 0.15) is 0 Å². The van der Waals surface area contributed by atoms with Crippen LogP contribution in [0.25, 0.3) is 31.8 Å². The monoisotopic (exact) mass is 382 g/mol. The van der Waals surface area contributed by atoms with Gasteiger partial charge in [0.15, 0.2) is 0 Å². The summed E-state index contributed by atoms with van der Waals surface area (Å²) in [5.74, 6) is 0. The highest BCUT2D eigenvalue weighted by Crippen LogP contribution is 2.36. The molecule has 5 heteroatoms. The lowest BCUT2D eigenvalue weighted by atomic mass is 10.1. The van der Waals surface area contributed by atoms with Crippen LogP contribution in [0, 0.1) is 0 Å². The number of anilines is 1. The summed E-state index contributed by atoms with van der Waals surface area (Å²) in [4.78, 5) is 6.84. The molecule has 5 aromatic rings. The largest absolute Gasteiger partial charge is 0.377 e. The number of benzene rings is 4. The van der Waals surface area contributed by atoms with Crippen LogP contribution in [-0.4, -0.2) is 19.1 Å². The third kappa shape index (κ3) is 2.80. The second kappa shape index (κ2) is 6.69. The van der Waals surface area contributed by atoms with Gasteiger partial charge in [0.1, 0.15) is 0 Å². The third-order valence-corrected chi connectivity index (χ3v) is 5.78. The molecule has 1 aromatic heterocycles. The Morgan fingerprint density at radius 1 is 0.750 bits per heavy atom. The van der Waals surface area contributed by atoms with E-state index in [0.717, 1.165) is 26.7 Å². The summed E-state index contributed by atoms with van der Waals surface area (Å²) in [6.45, 7) is 0. The smallest absolute Gasteiger partial charge is 0.231 e. The van der Waals surface area contributed by atoms with Gasteiger partial charge in [-0.3, -0.25) is 0 Å². The Morgan fingerprint density at radius 2 is 1.50 bits per heavy atom. The molecule has 0 radical (unpaired) electrons. The molecule has 0 N–H and O–H groups in total. The Balaban J connectivity index is 1.60. The van der Waals surface area contributed by atoms with E-state index < -0.39 is 0 Å². The number of nitrogens with zero attached hydrogens (tertiary/aromatic N) is 4. The van der Waals surface area contributed by atoms with Crippen molar-refractivity contribution >= 4 is 59.6 Å². The van der Waals surface area contributed by atoms with E-state index in [1.807, 2.05) is 24.3 Å². The number of azo groups is 1. The number of thiazole rings is 1. The van der Waals surface area contributed by atoms with Crippen molar-refractivity contribution in [2.75, 3.05) is 19.0 Å². The maximum Gasteiger partial charge on any atom is 0.231 e. The number of rotatable bonds is 3. The van der Waals surface area contributed by atoms with Crippen molar-refractivity contribution in [1.29, 1.82) is 0 Å². The third-order valence-electron chi connectivity index (χ3n) is 4.88. The Labute approximate surface area is 166 Å². The Hall–Kier alpha value is -3.31. The number of hydrogen-bond donors (Lipinski definition) is 0. The van der Waals surface area contributed by atoms with Crippen LogP contribution in [0.2, 0.25) is 0 Å². The second-order valence-corrected chi connectivity index (χ2v) is 7.88. The fourth-order valence-corrected chi connectivity index (χ4v) is 4.34. The van der Waals surface area contributed by atoms with Crippen LogP contribution >= 0.6 is 11.3 Å². The highest BCUT2D eigenvalue weighted by Gasteiger charge is 2.09. The number of aromatic nitrogens is 1. The van der Waals surface area contributed by atoms with Gasteiger partial charge in [-0.15, -0.1) is 10.2 Å². The Morgan fingerprint density at radius 3 is 2.32 bits per heavy atom. The molecule has 0 saturated carbocycles. The summed E-state index contributed by atoms with van der Waals surface area (Å²) in [7, 11) is 4.10. The van der Waals surface area contributed by atoms with E-state index in [1.54, 1.807) is 11.3 Å². The van der Waals surface area contributed by atoms with Gasteiger partial charge in [0.05, 0.1) is 15.9 Å². The highest BCUT2D eigenvalue weighted by molar-refractivity contribution is 7.22. The lowest BCUT2D eigenvalue weighted by Gasteiger charge is -2.16. The van der Waals surface area contributed by atoms with E-state index in [4.69, 9.17) is 4.98 Å². The molecule has 4 nitrogen and oxygen atoms in total. The molecule has 136 valence electrons. The molecule has 0 spiro atoms. The molecular formula is C23H18N4S. The summed E-state index contributed by atoms with van der Waals surface area (Å²) in [6.07, 6.45) is 0. The summed E-state index contributed by atoms with van der Waals surface area (Å²) in [5.41, 5.74) is 3.01. The van der Waals surface area contributed by atoms with Gasteiger partial charge in [-0.05, 0) is 23.6 Å². The van der Waals surface area contributed by atoms with E-state index in [-0.39, 0.29) is 0 Å². The first kappa shape index (κ1) is 16.8. The molecular weight excluding hydrogens is 364 g/mol. The molecule has 0 amide bonds. The van der Waals surface area contributed by atoms with E-state index >= 15 is 0 Å². The van der Waals surface area contributed by atoms with E-state index in [9.17, 15) is 0 Å². The van der Waals surface area contributed by atoms with Crippen LogP contribution in [0.5, 0.6) is 0 Å². The van der Waals surface area contributed by atoms with Crippen molar-refractivity contribution in [3.63, 3.8) is 0 Å². The minimum Gasteiger partial charge on any atom is -0.377 e. The van der Waals surface area contributed by atoms with Crippen molar-refractivity contribution < 1.29 is 0 Å². The summed E-state index contributed by atoms with van der Waals surface area (Å²) < 4.78 is 1.13. The fraction of sp³-hybridized carbons (Fsp3) is 0.0870. The summed E-state index contributed by atoms with van der Waals surface area (Å²) >= 11 is 1.57. The maximum absolute atomic E-state index is 4.73. The van der Waals surface area contributed by atoms with Crippen molar-refractivity contribution in [2.45, 2.75) is 0 Å². The fourth-order valence-electron chi connectivity index (χ4n) is 3.53. The van der Waals surface area contributed by atoms with Crippen molar-refractivity contribution in [3.8, 4) is 0 Å². The molecule has 28 heavy (non-hydrogen) atoms. The van der Waals surface area contributed by atoms with Crippen molar-refractivity contribution in [1.82, 2.24) is 4.98 Å². The van der Waals surface area contributed by atoms with Gasteiger partial charge in [0.2, 0.25) is 5.13 Å². The molecule has 0 atom stereocenters. The van der Waals surface area contributed by atoms with Crippen LogP contribution < -0.4 is 4.90 Å². The highest BCUT2D eigenvalue weighted by atomic mass is 32.1. The summed E-state index contributed by atoms with van der Waals surface area (Å²) in [6, 6.07) is 24.9. The normalized spacial score (nSPS) is 11.8. The zero-order valence-electron chi connectivity index (χ0n) is 15.6. The zero-order chi connectivity index (χ0) is 19.1. The van der Waals surface area contributed by atoms with Gasteiger partial charge < -0.3 is 4.90 Å². The topological polar surface area (TPSA) is 40.9 Å². The van der Waals surface area contributed by atoms with E-state index in [0.29, 0.717) is 5.13 Å². The zero-order valence-corrected chi connectivity index (χ0v) is 16.4. The minimum atomic E-state index is 0.673. The Kier molecular flexibility index (Phi) is 4.02. The SMILES string of the molecule is CN(C)c1ccc(/N=N/c2nc3c(ccc4ccccc43)s2)c2ccccc12. The average molecular weight is 382 g/mol. The molecule has 1 heterocycles. The van der Waals surface area contributed by atoms with Crippen LogP contribution in [-0.2, 0) is 0 Å². The molecule has 0 saturated heterocycles. The number of fused-ring (bicyclic) bond motifs is 4. The van der Waals surface area contributed by atoms with Crippen molar-refractivity contribution in [2.24, 2.45) is 10.2 Å². The first-order valence-electron chi connectivity index (χ1n) is 9.10. The molecule has 5 rings (SSSR count). The minimum absolute atomic E-state index is 0.673. The number of hydrogen-bond acceptors (Lipinski definition) is 5. The van der Waals surface area contributed by atoms with Gasteiger partial charge in [0, 0.05) is 35.9 Å². The molecule has 0 aliphatic rings. The predicted octanol–water partition coefficient (Wildman–Crippen LogP) is 7.08. The van der Waals surface area contributed by atoms with Crippen LogP contribution in [0.4, 0.5) is 16.5 Å². The van der Waals surface area contributed by atoms with Gasteiger partial charge in [-0.1, -0.05) is 65.9 Å². The molecule has 0 unspecified atom stereocenters. The van der Waals surface area contributed by atoms with Crippen LogP contribution in [0.15, 0.2) is 83.0 Å². The molecule has 0 aliphatic heterocycles. The predicted molar refractivity (Wildman–Crippen MR) is 120 cm³/mol. The van der Waals surface area contributed by atoms with Crippen molar-refractivity contribution in [3.05, 3.63) is 72.8 Å². The average Bonchev–Trinajstić information content (AvgIpc) is 3.15. The van der Waals surface area contributed by atoms with E-state index in [2.05, 4.69) is 77.8 Å². The molecule has 0 bridgehead atoms. The van der Waals surface area contributed by atoms with Gasteiger partial charge in [-0.2, -0.15) is 0 Å². The lowest BCUT2D eigenvalue weighted by molar-refractivity contribution is 1.14. The summed E-state index contributed by atoms with van der Waals surface area (Å²) in [5, 5.41) is 14.3. The van der Waals surface area contributed by atoms with Crippen LogP contribution in [0.3, 0.4) is 0 Å². The van der Waals surface area contributed by atoms with Gasteiger partial charge >= 0.3 is 0 Å². The van der Waals surface area contributed by atoms with E-state index in [1.165, 1.54) is 16.5 Å². The Bertz CT molecular complexity index is 1350. The molecule has 4 aromatic carbocycles. The maximum atomic E-state index is 4.73. The molecule has 0 aliphatic carbocycles. The van der Waals surface area contributed by atoms with Gasteiger partial charge in [-0.25, -0.2) is 4.98 Å². The first-order chi connectivity index (χ1) is 13.7. The molecule has 0 fully saturated rings. The lowest BCUT2D eigenvalue weighted by Crippen LogP contribution is -2.08. The quantitative estimate of drug-likeness (QED) is 0.313. The van der Waals surface area contributed by atoms with Gasteiger partial charge in [0.25, 0.3) is 0 Å².